The smallest absolute Gasteiger partial charge is 0.330 e. The Morgan fingerprint density at radius 2 is 2.10 bits per heavy atom. The zero-order valence-electron chi connectivity index (χ0n) is 11.4. The third-order valence-corrected chi connectivity index (χ3v) is 3.46. The number of carbonyl (C=O) groups is 3. The maximum Gasteiger partial charge on any atom is 0.330 e. The van der Waals surface area contributed by atoms with E-state index in [-0.39, 0.29) is 0 Å². The van der Waals surface area contributed by atoms with Crippen molar-refractivity contribution >= 4 is 24.1 Å². The van der Waals surface area contributed by atoms with E-state index in [1.54, 1.807) is 0 Å². The van der Waals surface area contributed by atoms with Gasteiger partial charge in [0.2, 0.25) is 11.8 Å². The molecule has 0 aromatic carbocycles. The molecule has 0 radical (unpaired) electrons. The molecule has 0 aromatic rings. The Balaban J connectivity index is 1.82. The second kappa shape index (κ2) is 6.58. The van der Waals surface area contributed by atoms with Gasteiger partial charge in [0.15, 0.2) is 5.92 Å². The highest BCUT2D eigenvalue weighted by molar-refractivity contribution is 6.23. The minimum atomic E-state index is -1.00. The Bertz CT molecular complexity index is 431. The number of hydrogen-bond donors (Lipinski definition) is 2. The van der Waals surface area contributed by atoms with E-state index < -0.39 is 23.8 Å². The lowest BCUT2D eigenvalue weighted by atomic mass is 10.1. The molecule has 2 heterocycles. The average Bonchev–Trinajstić information content (AvgIpc) is 2.45. The molecule has 1 atom stereocenters. The molecule has 2 aliphatic rings. The molecule has 2 saturated heterocycles. The molecule has 4 amide bonds. The Morgan fingerprint density at radius 3 is 2.80 bits per heavy atom. The summed E-state index contributed by atoms with van der Waals surface area (Å²) in [5.41, 5.74) is 0. The van der Waals surface area contributed by atoms with Gasteiger partial charge in [-0.1, -0.05) is 0 Å². The van der Waals surface area contributed by atoms with Crippen LogP contribution in [0.2, 0.25) is 0 Å². The van der Waals surface area contributed by atoms with Crippen LogP contribution in [0.5, 0.6) is 0 Å². The van der Waals surface area contributed by atoms with Gasteiger partial charge in [0.1, 0.15) is 13.1 Å². The minimum Gasteiger partial charge on any atom is -0.370 e. The lowest BCUT2D eigenvalue weighted by Gasteiger charge is -2.25. The van der Waals surface area contributed by atoms with Crippen LogP contribution in [0.3, 0.4) is 0 Å². The molecule has 0 aromatic heterocycles. The van der Waals surface area contributed by atoms with Crippen molar-refractivity contribution in [1.82, 2.24) is 10.2 Å². The number of rotatable bonds is 4. The van der Waals surface area contributed by atoms with Gasteiger partial charge in [-0.05, 0) is 0 Å². The lowest BCUT2D eigenvalue weighted by Crippen LogP contribution is -3.14. The largest absolute Gasteiger partial charge is 0.370 e. The van der Waals surface area contributed by atoms with Crippen molar-refractivity contribution in [3.8, 4) is 0 Å². The summed E-state index contributed by atoms with van der Waals surface area (Å²) in [6.07, 6.45) is 1.33. The Kier molecular flexibility index (Phi) is 4.80. The fourth-order valence-corrected chi connectivity index (χ4v) is 2.13. The number of nitrogens with zero attached hydrogens (tertiary/aromatic N) is 2. The fraction of sp³-hybridized carbons (Fsp3) is 0.667. The van der Waals surface area contributed by atoms with E-state index in [2.05, 4.69) is 10.3 Å². The van der Waals surface area contributed by atoms with E-state index >= 15 is 0 Å². The van der Waals surface area contributed by atoms with Gasteiger partial charge < -0.3 is 9.64 Å². The molecule has 0 aliphatic carbocycles. The van der Waals surface area contributed by atoms with Crippen LogP contribution in [-0.2, 0) is 14.3 Å². The maximum atomic E-state index is 11.8. The normalized spacial score (nSPS) is 25.4. The number of carbonyl (C=O) groups excluding carboxylic acids is 3. The molecular weight excluding hydrogens is 264 g/mol. The highest BCUT2D eigenvalue weighted by Gasteiger charge is 2.37. The maximum absolute atomic E-state index is 11.8. The van der Waals surface area contributed by atoms with E-state index in [1.165, 1.54) is 18.2 Å². The second-order valence-electron chi connectivity index (χ2n) is 4.84. The molecule has 8 heteroatoms. The summed E-state index contributed by atoms with van der Waals surface area (Å²) in [6.45, 7) is 4.82. The monoisotopic (exact) mass is 283 g/mol. The van der Waals surface area contributed by atoms with Gasteiger partial charge >= 0.3 is 6.03 Å². The van der Waals surface area contributed by atoms with Crippen LogP contribution in [0.25, 0.3) is 0 Å². The van der Waals surface area contributed by atoms with Gasteiger partial charge in [-0.15, -0.1) is 0 Å². The number of aliphatic imine (C=N–C) groups is 1. The van der Waals surface area contributed by atoms with E-state index in [4.69, 9.17) is 4.74 Å². The summed E-state index contributed by atoms with van der Waals surface area (Å²) in [7, 11) is 1.34. The van der Waals surface area contributed by atoms with Crippen molar-refractivity contribution in [2.24, 2.45) is 10.9 Å². The molecule has 2 N–H and O–H groups in total. The van der Waals surface area contributed by atoms with Gasteiger partial charge in [-0.2, -0.15) is 0 Å². The van der Waals surface area contributed by atoms with Crippen molar-refractivity contribution < 1.29 is 24.0 Å². The first-order chi connectivity index (χ1) is 9.59. The van der Waals surface area contributed by atoms with Gasteiger partial charge in [0.05, 0.1) is 26.3 Å². The van der Waals surface area contributed by atoms with Crippen LogP contribution in [0.15, 0.2) is 4.99 Å². The predicted octanol–water partition coefficient (Wildman–Crippen LogP) is -2.70. The van der Waals surface area contributed by atoms with Crippen LogP contribution in [-0.4, -0.2) is 75.4 Å². The molecule has 2 fully saturated rings. The summed E-state index contributed by atoms with van der Waals surface area (Å²) in [6, 6.07) is -0.692. The minimum absolute atomic E-state index is 0.541. The van der Waals surface area contributed by atoms with Gasteiger partial charge in [0.25, 0.3) is 0 Å². The first-order valence-electron chi connectivity index (χ1n) is 6.63. The number of morpholine rings is 1. The molecule has 2 rings (SSSR count). The summed E-state index contributed by atoms with van der Waals surface area (Å²) >= 11 is 0. The molecule has 110 valence electrons. The number of hydrogen-bond acceptors (Lipinski definition) is 5. The number of urea groups is 1. The summed E-state index contributed by atoms with van der Waals surface area (Å²) < 4.78 is 5.26. The van der Waals surface area contributed by atoms with E-state index in [1.807, 2.05) is 0 Å². The molecule has 2 aliphatic heterocycles. The van der Waals surface area contributed by atoms with Gasteiger partial charge in [0, 0.05) is 13.3 Å². The molecule has 0 spiro atoms. The standard InChI is InChI=1S/C12H18N4O4/c1-15-11(18)9(10(17)14-12(15)19)8-13-2-3-16-4-6-20-7-5-16/h8-9H,2-7H2,1H3,(H,14,17,19)/p+1/t9-/m1/s1. The van der Waals surface area contributed by atoms with Crippen LogP contribution >= 0.6 is 0 Å². The zero-order chi connectivity index (χ0) is 14.5. The highest BCUT2D eigenvalue weighted by atomic mass is 16.5. The number of ether oxygens (including phenoxy) is 1. The summed E-state index contributed by atoms with van der Waals surface area (Å²) in [5, 5.41) is 2.11. The van der Waals surface area contributed by atoms with E-state index in [9.17, 15) is 14.4 Å². The van der Waals surface area contributed by atoms with Crippen molar-refractivity contribution in [3.63, 3.8) is 0 Å². The molecule has 8 nitrogen and oxygen atoms in total. The first kappa shape index (κ1) is 14.6. The molecule has 0 saturated carbocycles. The number of barbiturate groups is 1. The van der Waals surface area contributed by atoms with Crippen molar-refractivity contribution in [2.75, 3.05) is 46.4 Å². The van der Waals surface area contributed by atoms with Crippen LogP contribution in [0.1, 0.15) is 0 Å². The number of imide groups is 2. The number of amides is 4. The zero-order valence-corrected chi connectivity index (χ0v) is 11.4. The van der Waals surface area contributed by atoms with Crippen LogP contribution in [0, 0.1) is 5.92 Å². The molecule has 0 unspecified atom stereocenters. The van der Waals surface area contributed by atoms with Crippen LogP contribution in [0.4, 0.5) is 4.79 Å². The Hall–Kier alpha value is -1.80. The predicted molar refractivity (Wildman–Crippen MR) is 69.5 cm³/mol. The van der Waals surface area contributed by atoms with Crippen molar-refractivity contribution in [1.29, 1.82) is 0 Å². The number of nitrogens with one attached hydrogen (secondary N) is 2. The molecule has 20 heavy (non-hydrogen) atoms. The third-order valence-electron chi connectivity index (χ3n) is 3.46. The SMILES string of the molecule is CN1C(=O)NC(=O)[C@@H](C=NCC[NH+]2CCOCC2)C1=O. The number of quaternary nitrogens is 1. The fourth-order valence-electron chi connectivity index (χ4n) is 2.13. The Labute approximate surface area is 116 Å². The summed E-state index contributed by atoms with van der Waals surface area (Å²) in [5.74, 6) is -2.15. The van der Waals surface area contributed by atoms with E-state index in [0.29, 0.717) is 6.54 Å². The molecular formula is C12H19N4O4+. The average molecular weight is 283 g/mol. The van der Waals surface area contributed by atoms with E-state index in [0.717, 1.165) is 37.7 Å². The quantitative estimate of drug-likeness (QED) is 0.434. The molecule has 0 bridgehead atoms. The topological polar surface area (TPSA) is 92.5 Å². The van der Waals surface area contributed by atoms with Crippen molar-refractivity contribution in [2.45, 2.75) is 0 Å². The lowest BCUT2D eigenvalue weighted by molar-refractivity contribution is -0.906. The summed E-state index contributed by atoms with van der Waals surface area (Å²) in [4.78, 5) is 41.0. The van der Waals surface area contributed by atoms with Crippen molar-refractivity contribution in [3.05, 3.63) is 0 Å². The Morgan fingerprint density at radius 1 is 1.40 bits per heavy atom. The van der Waals surface area contributed by atoms with Crippen LogP contribution < -0.4 is 10.2 Å². The van der Waals surface area contributed by atoms with Gasteiger partial charge in [-0.3, -0.25) is 24.8 Å². The first-order valence-corrected chi connectivity index (χ1v) is 6.63. The van der Waals surface area contributed by atoms with Gasteiger partial charge in [-0.25, -0.2) is 4.79 Å². The highest BCUT2D eigenvalue weighted by Crippen LogP contribution is 2.06. The third kappa shape index (κ3) is 3.40. The second-order valence-corrected chi connectivity index (χ2v) is 4.84.